The third-order valence-electron chi connectivity index (χ3n) is 1.66. The molecule has 6 nitrogen and oxygen atoms in total. The topological polar surface area (TPSA) is 85.5 Å². The zero-order valence-corrected chi connectivity index (χ0v) is 7.22. The van der Waals surface area contributed by atoms with Crippen LogP contribution in [0.2, 0.25) is 0 Å². The number of methoxy groups -OCH3 is 1. The maximum absolute atomic E-state index is 10.5. The third-order valence-corrected chi connectivity index (χ3v) is 1.66. The minimum Gasteiger partial charge on any atom is -0.493 e. The van der Waals surface area contributed by atoms with Gasteiger partial charge in [0.2, 0.25) is 11.2 Å². The number of ether oxygens (including phenoxy) is 1. The van der Waals surface area contributed by atoms with Gasteiger partial charge in [0.15, 0.2) is 5.75 Å². The molecule has 0 radical (unpaired) electrons. The Labute approximate surface area is 78.1 Å². The number of hydrogen-bond acceptors (Lipinski definition) is 5. The SMILES string of the molecule is COc1ccnc2nc(C(=O)O)oc12. The number of rotatable bonds is 2. The first-order valence-corrected chi connectivity index (χ1v) is 3.75. The number of nitrogens with zero attached hydrogens (tertiary/aromatic N) is 2. The molecule has 2 aromatic rings. The molecule has 0 aliphatic carbocycles. The highest BCUT2D eigenvalue weighted by Gasteiger charge is 2.15. The van der Waals surface area contributed by atoms with E-state index in [1.807, 2.05) is 0 Å². The summed E-state index contributed by atoms with van der Waals surface area (Å²) in [5.74, 6) is -1.21. The van der Waals surface area contributed by atoms with E-state index in [-0.39, 0.29) is 11.2 Å². The van der Waals surface area contributed by atoms with Gasteiger partial charge in [-0.1, -0.05) is 0 Å². The number of pyridine rings is 1. The van der Waals surface area contributed by atoms with Crippen LogP contribution in [0.3, 0.4) is 0 Å². The molecule has 2 heterocycles. The lowest BCUT2D eigenvalue weighted by molar-refractivity contribution is 0.0656. The van der Waals surface area contributed by atoms with Crippen molar-refractivity contribution in [3.63, 3.8) is 0 Å². The standard InChI is InChI=1S/C8H6N2O4/c1-13-4-2-3-9-6-5(4)14-7(10-6)8(11)12/h2-3H,1H3,(H,11,12). The van der Waals surface area contributed by atoms with Gasteiger partial charge in [-0.15, -0.1) is 0 Å². The minimum atomic E-state index is -1.23. The highest BCUT2D eigenvalue weighted by molar-refractivity contribution is 5.87. The molecule has 6 heteroatoms. The van der Waals surface area contributed by atoms with Gasteiger partial charge >= 0.3 is 11.9 Å². The van der Waals surface area contributed by atoms with E-state index in [4.69, 9.17) is 14.3 Å². The Hall–Kier alpha value is -2.11. The van der Waals surface area contributed by atoms with Gasteiger partial charge in [-0.3, -0.25) is 0 Å². The second kappa shape index (κ2) is 2.99. The first-order chi connectivity index (χ1) is 6.72. The Bertz CT molecular complexity index is 491. The lowest BCUT2D eigenvalue weighted by atomic mass is 10.4. The van der Waals surface area contributed by atoms with Crippen LogP contribution in [0.25, 0.3) is 11.2 Å². The van der Waals surface area contributed by atoms with Crippen LogP contribution in [-0.4, -0.2) is 28.2 Å². The van der Waals surface area contributed by atoms with E-state index >= 15 is 0 Å². The van der Waals surface area contributed by atoms with Gasteiger partial charge in [-0.25, -0.2) is 9.78 Å². The number of oxazole rings is 1. The molecule has 0 fully saturated rings. The molecule has 0 aromatic carbocycles. The summed E-state index contributed by atoms with van der Waals surface area (Å²) >= 11 is 0. The largest absolute Gasteiger partial charge is 0.493 e. The molecule has 72 valence electrons. The number of aromatic nitrogens is 2. The minimum absolute atomic E-state index is 0.224. The van der Waals surface area contributed by atoms with E-state index in [0.717, 1.165) is 0 Å². The molecule has 0 aliphatic heterocycles. The fourth-order valence-electron chi connectivity index (χ4n) is 1.06. The summed E-state index contributed by atoms with van der Waals surface area (Å²) in [4.78, 5) is 18.1. The van der Waals surface area contributed by atoms with Crippen LogP contribution >= 0.6 is 0 Å². The van der Waals surface area contributed by atoms with Crippen molar-refractivity contribution in [2.45, 2.75) is 0 Å². The van der Waals surface area contributed by atoms with Crippen molar-refractivity contribution in [1.29, 1.82) is 0 Å². The van der Waals surface area contributed by atoms with Gasteiger partial charge in [0.25, 0.3) is 0 Å². The lowest BCUT2D eigenvalue weighted by Crippen LogP contribution is -1.94. The molecule has 1 N–H and O–H groups in total. The van der Waals surface area contributed by atoms with E-state index in [1.165, 1.54) is 13.3 Å². The highest BCUT2D eigenvalue weighted by atomic mass is 16.5. The summed E-state index contributed by atoms with van der Waals surface area (Å²) in [6.45, 7) is 0. The molecule has 0 spiro atoms. The van der Waals surface area contributed by atoms with Crippen molar-refractivity contribution in [3.8, 4) is 5.75 Å². The number of hydrogen-bond donors (Lipinski definition) is 1. The number of carboxylic acid groups (broad SMARTS) is 1. The van der Waals surface area contributed by atoms with Gasteiger partial charge in [-0.05, 0) is 0 Å². The lowest BCUT2D eigenvalue weighted by Gasteiger charge is -1.96. The van der Waals surface area contributed by atoms with Crippen LogP contribution in [0.4, 0.5) is 0 Å². The summed E-state index contributed by atoms with van der Waals surface area (Å²) in [6, 6.07) is 1.57. The van der Waals surface area contributed by atoms with Crippen molar-refractivity contribution < 1.29 is 19.1 Å². The van der Waals surface area contributed by atoms with Gasteiger partial charge in [0.05, 0.1) is 7.11 Å². The molecule has 2 aromatic heterocycles. The number of fused-ring (bicyclic) bond motifs is 1. The molecule has 0 saturated carbocycles. The molecule has 0 aliphatic rings. The van der Waals surface area contributed by atoms with E-state index < -0.39 is 11.9 Å². The second-order valence-corrected chi connectivity index (χ2v) is 2.49. The van der Waals surface area contributed by atoms with Crippen molar-refractivity contribution in [3.05, 3.63) is 18.2 Å². The Morgan fingerprint density at radius 1 is 1.64 bits per heavy atom. The van der Waals surface area contributed by atoms with Crippen LogP contribution in [0.1, 0.15) is 10.7 Å². The number of aromatic carboxylic acids is 1. The average molecular weight is 194 g/mol. The summed E-state index contributed by atoms with van der Waals surface area (Å²) in [5, 5.41) is 8.62. The first-order valence-electron chi connectivity index (χ1n) is 3.75. The summed E-state index contributed by atoms with van der Waals surface area (Å²) < 4.78 is 9.91. The molecule has 2 rings (SSSR count). The van der Waals surface area contributed by atoms with Gasteiger partial charge in [-0.2, -0.15) is 4.98 Å². The van der Waals surface area contributed by atoms with Crippen molar-refractivity contribution in [1.82, 2.24) is 9.97 Å². The molecule has 0 bridgehead atoms. The summed E-state index contributed by atoms with van der Waals surface area (Å²) in [5.41, 5.74) is 0.467. The molecular weight excluding hydrogens is 188 g/mol. The Morgan fingerprint density at radius 2 is 2.43 bits per heavy atom. The first kappa shape index (κ1) is 8.49. The zero-order chi connectivity index (χ0) is 10.1. The molecule has 0 amide bonds. The predicted octanol–water partition coefficient (Wildman–Crippen LogP) is 0.930. The summed E-state index contributed by atoms with van der Waals surface area (Å²) in [7, 11) is 1.46. The van der Waals surface area contributed by atoms with Gasteiger partial charge in [0, 0.05) is 12.3 Å². The molecular formula is C8H6N2O4. The van der Waals surface area contributed by atoms with Crippen LogP contribution in [0, 0.1) is 0 Å². The fraction of sp³-hybridized carbons (Fsp3) is 0.125. The second-order valence-electron chi connectivity index (χ2n) is 2.49. The maximum atomic E-state index is 10.5. The molecule has 0 saturated heterocycles. The molecule has 0 atom stereocenters. The van der Waals surface area contributed by atoms with E-state index in [9.17, 15) is 4.79 Å². The van der Waals surface area contributed by atoms with Crippen LogP contribution in [0.5, 0.6) is 5.75 Å². The third kappa shape index (κ3) is 1.17. The Morgan fingerprint density at radius 3 is 3.07 bits per heavy atom. The molecule has 14 heavy (non-hydrogen) atoms. The van der Waals surface area contributed by atoms with Crippen molar-refractivity contribution in [2.24, 2.45) is 0 Å². The summed E-state index contributed by atoms with van der Waals surface area (Å²) in [6.07, 6.45) is 1.47. The van der Waals surface area contributed by atoms with E-state index in [0.29, 0.717) is 5.75 Å². The van der Waals surface area contributed by atoms with Crippen LogP contribution < -0.4 is 4.74 Å². The smallest absolute Gasteiger partial charge is 0.392 e. The fourth-order valence-corrected chi connectivity index (χ4v) is 1.06. The Kier molecular flexibility index (Phi) is 1.81. The Balaban J connectivity index is 2.70. The molecule has 0 unspecified atom stereocenters. The average Bonchev–Trinajstić information content (AvgIpc) is 2.60. The normalized spacial score (nSPS) is 10.4. The van der Waals surface area contributed by atoms with Crippen molar-refractivity contribution in [2.75, 3.05) is 7.11 Å². The number of carboxylic acids is 1. The predicted molar refractivity (Wildman–Crippen MR) is 45.3 cm³/mol. The highest BCUT2D eigenvalue weighted by Crippen LogP contribution is 2.23. The zero-order valence-electron chi connectivity index (χ0n) is 7.22. The van der Waals surface area contributed by atoms with E-state index in [2.05, 4.69) is 9.97 Å². The van der Waals surface area contributed by atoms with E-state index in [1.54, 1.807) is 6.07 Å². The van der Waals surface area contributed by atoms with Gasteiger partial charge in [0.1, 0.15) is 0 Å². The van der Waals surface area contributed by atoms with Crippen LogP contribution in [-0.2, 0) is 0 Å². The van der Waals surface area contributed by atoms with Gasteiger partial charge < -0.3 is 14.3 Å². The quantitative estimate of drug-likeness (QED) is 0.765. The van der Waals surface area contributed by atoms with Crippen LogP contribution in [0.15, 0.2) is 16.7 Å². The maximum Gasteiger partial charge on any atom is 0.392 e. The van der Waals surface area contributed by atoms with Crippen molar-refractivity contribution >= 4 is 17.2 Å². The monoisotopic (exact) mass is 194 g/mol. The number of carbonyl (C=O) groups is 1.